The highest BCUT2D eigenvalue weighted by atomic mass is 16.2. The lowest BCUT2D eigenvalue weighted by molar-refractivity contribution is -0.123. The Balaban J connectivity index is 1.67. The molecule has 1 aliphatic rings. The van der Waals surface area contributed by atoms with Crippen LogP contribution in [0.2, 0.25) is 0 Å². The van der Waals surface area contributed by atoms with Crippen LogP contribution in [0.1, 0.15) is 17.5 Å². The maximum absolute atomic E-state index is 12.2. The summed E-state index contributed by atoms with van der Waals surface area (Å²) >= 11 is 0. The average Bonchev–Trinajstić information content (AvgIpc) is 3.13. The molecule has 0 atom stereocenters. The van der Waals surface area contributed by atoms with Gasteiger partial charge in [-0.15, -0.1) is 0 Å². The number of hydrogen-bond donors (Lipinski definition) is 2. The molecule has 0 saturated heterocycles. The SMILES string of the molecule is NC1=C(c2cn(CCCc3ccccc3)c3ccccc23)C(=O)NC1=O. The van der Waals surface area contributed by atoms with Crippen molar-refractivity contribution < 1.29 is 9.59 Å². The molecule has 130 valence electrons. The zero-order valence-corrected chi connectivity index (χ0v) is 14.2. The highest BCUT2D eigenvalue weighted by Gasteiger charge is 2.31. The lowest BCUT2D eigenvalue weighted by Crippen LogP contribution is -2.24. The van der Waals surface area contributed by atoms with Gasteiger partial charge in [0.1, 0.15) is 5.70 Å². The Morgan fingerprint density at radius 3 is 2.38 bits per heavy atom. The maximum Gasteiger partial charge on any atom is 0.274 e. The number of nitrogens with zero attached hydrogens (tertiary/aromatic N) is 1. The molecule has 2 amide bonds. The molecular weight excluding hydrogens is 326 g/mol. The number of benzene rings is 2. The molecular formula is C21H19N3O2. The maximum atomic E-state index is 12.2. The predicted octanol–water partition coefficient (Wildman–Crippen LogP) is 2.60. The Morgan fingerprint density at radius 1 is 0.923 bits per heavy atom. The molecule has 1 aliphatic heterocycles. The molecule has 0 fully saturated rings. The molecule has 4 rings (SSSR count). The smallest absolute Gasteiger partial charge is 0.274 e. The van der Waals surface area contributed by atoms with Gasteiger partial charge in [-0.1, -0.05) is 48.5 Å². The molecule has 2 aromatic carbocycles. The third-order valence-electron chi connectivity index (χ3n) is 4.73. The molecule has 5 heteroatoms. The summed E-state index contributed by atoms with van der Waals surface area (Å²) in [6.07, 6.45) is 3.88. The Labute approximate surface area is 151 Å². The summed E-state index contributed by atoms with van der Waals surface area (Å²) in [6, 6.07) is 18.2. The number of fused-ring (bicyclic) bond motifs is 1. The number of para-hydroxylation sites is 1. The largest absolute Gasteiger partial charge is 0.394 e. The van der Waals surface area contributed by atoms with Crippen LogP contribution in [0.3, 0.4) is 0 Å². The summed E-state index contributed by atoms with van der Waals surface area (Å²) in [5, 5.41) is 3.19. The van der Waals surface area contributed by atoms with E-state index in [1.54, 1.807) is 0 Å². The van der Waals surface area contributed by atoms with E-state index in [1.807, 2.05) is 48.7 Å². The van der Waals surface area contributed by atoms with E-state index in [9.17, 15) is 9.59 Å². The second-order valence-corrected chi connectivity index (χ2v) is 6.41. The number of aryl methyl sites for hydroxylation is 2. The first-order valence-corrected chi connectivity index (χ1v) is 8.63. The van der Waals surface area contributed by atoms with Crippen LogP contribution in [0.15, 0.2) is 66.5 Å². The number of hydrogen-bond acceptors (Lipinski definition) is 3. The number of nitrogens with one attached hydrogen (secondary N) is 1. The monoisotopic (exact) mass is 345 g/mol. The fraction of sp³-hybridized carbons (Fsp3) is 0.143. The van der Waals surface area contributed by atoms with E-state index in [4.69, 9.17) is 5.73 Å². The third-order valence-corrected chi connectivity index (χ3v) is 4.73. The zero-order chi connectivity index (χ0) is 18.1. The van der Waals surface area contributed by atoms with Gasteiger partial charge >= 0.3 is 0 Å². The highest BCUT2D eigenvalue weighted by Crippen LogP contribution is 2.30. The number of nitrogens with two attached hydrogens (primary N) is 1. The summed E-state index contributed by atoms with van der Waals surface area (Å²) in [4.78, 5) is 23.9. The van der Waals surface area contributed by atoms with Gasteiger partial charge in [0.05, 0.1) is 5.57 Å². The predicted molar refractivity (Wildman–Crippen MR) is 101 cm³/mol. The fourth-order valence-electron chi connectivity index (χ4n) is 3.47. The van der Waals surface area contributed by atoms with Gasteiger partial charge in [0.25, 0.3) is 11.8 Å². The molecule has 0 saturated carbocycles. The van der Waals surface area contributed by atoms with Gasteiger partial charge in [-0.25, -0.2) is 0 Å². The van der Waals surface area contributed by atoms with Crippen LogP contribution >= 0.6 is 0 Å². The number of carbonyl (C=O) groups excluding carboxylic acids is 2. The van der Waals surface area contributed by atoms with E-state index in [2.05, 4.69) is 22.0 Å². The van der Waals surface area contributed by atoms with E-state index in [0.717, 1.165) is 30.3 Å². The van der Waals surface area contributed by atoms with Crippen LogP contribution in [-0.2, 0) is 22.6 Å². The van der Waals surface area contributed by atoms with Gasteiger partial charge in [0, 0.05) is 29.2 Å². The second-order valence-electron chi connectivity index (χ2n) is 6.41. The van der Waals surface area contributed by atoms with Crippen LogP contribution in [0.4, 0.5) is 0 Å². The number of imide groups is 1. The Kier molecular flexibility index (Phi) is 4.05. The van der Waals surface area contributed by atoms with Crippen molar-refractivity contribution in [3.05, 3.63) is 77.6 Å². The van der Waals surface area contributed by atoms with E-state index in [1.165, 1.54) is 5.56 Å². The van der Waals surface area contributed by atoms with E-state index < -0.39 is 11.8 Å². The van der Waals surface area contributed by atoms with Crippen LogP contribution in [0.25, 0.3) is 16.5 Å². The minimum absolute atomic E-state index is 0.0119. The van der Waals surface area contributed by atoms with Crippen molar-refractivity contribution in [2.45, 2.75) is 19.4 Å². The van der Waals surface area contributed by atoms with Gasteiger partial charge in [-0.05, 0) is 24.5 Å². The van der Waals surface area contributed by atoms with Crippen LogP contribution in [-0.4, -0.2) is 16.4 Å². The van der Waals surface area contributed by atoms with E-state index in [-0.39, 0.29) is 11.3 Å². The fourth-order valence-corrected chi connectivity index (χ4v) is 3.47. The zero-order valence-electron chi connectivity index (χ0n) is 14.2. The van der Waals surface area contributed by atoms with Crippen molar-refractivity contribution in [3.8, 4) is 0 Å². The van der Waals surface area contributed by atoms with Gasteiger partial charge in [-0.2, -0.15) is 0 Å². The van der Waals surface area contributed by atoms with Crippen LogP contribution in [0.5, 0.6) is 0 Å². The lowest BCUT2D eigenvalue weighted by Gasteiger charge is -2.05. The standard InChI is InChI=1S/C21H19N3O2/c22-19-18(20(25)23-21(19)26)16-13-24(17-11-5-4-10-15(16)17)12-6-9-14-7-2-1-3-8-14/h1-5,7-8,10-11,13H,6,9,12H2,(H3,22,23,25,26). The number of amides is 2. The van der Waals surface area contributed by atoms with Gasteiger partial charge in [-0.3, -0.25) is 14.9 Å². The molecule has 0 aliphatic carbocycles. The summed E-state index contributed by atoms with van der Waals surface area (Å²) in [5.74, 6) is -0.953. The summed E-state index contributed by atoms with van der Waals surface area (Å²) in [7, 11) is 0. The van der Waals surface area contributed by atoms with Crippen molar-refractivity contribution in [2.24, 2.45) is 5.73 Å². The molecule has 1 aromatic heterocycles. The lowest BCUT2D eigenvalue weighted by atomic mass is 10.0. The Bertz CT molecular complexity index is 1030. The van der Waals surface area contributed by atoms with E-state index >= 15 is 0 Å². The molecule has 3 N–H and O–H groups in total. The molecule has 5 nitrogen and oxygen atoms in total. The Hall–Kier alpha value is -3.34. The highest BCUT2D eigenvalue weighted by molar-refractivity contribution is 6.37. The van der Waals surface area contributed by atoms with Crippen LogP contribution in [0, 0.1) is 0 Å². The molecule has 26 heavy (non-hydrogen) atoms. The quantitative estimate of drug-likeness (QED) is 0.698. The number of carbonyl (C=O) groups is 2. The second kappa shape index (κ2) is 6.52. The van der Waals surface area contributed by atoms with Gasteiger partial charge < -0.3 is 10.3 Å². The number of rotatable bonds is 5. The summed E-state index contributed by atoms with van der Waals surface area (Å²) in [6.45, 7) is 0.818. The van der Waals surface area contributed by atoms with Crippen molar-refractivity contribution >= 4 is 28.3 Å². The Morgan fingerprint density at radius 2 is 1.65 bits per heavy atom. The minimum Gasteiger partial charge on any atom is -0.394 e. The summed E-state index contributed by atoms with van der Waals surface area (Å²) < 4.78 is 2.13. The molecule has 0 radical (unpaired) electrons. The molecule has 0 bridgehead atoms. The van der Waals surface area contributed by atoms with Crippen molar-refractivity contribution in [1.29, 1.82) is 0 Å². The van der Waals surface area contributed by atoms with Crippen molar-refractivity contribution in [3.63, 3.8) is 0 Å². The van der Waals surface area contributed by atoms with Gasteiger partial charge in [0.15, 0.2) is 0 Å². The number of aromatic nitrogens is 1. The molecule has 0 unspecified atom stereocenters. The first-order valence-electron chi connectivity index (χ1n) is 8.63. The first kappa shape index (κ1) is 16.1. The van der Waals surface area contributed by atoms with Crippen molar-refractivity contribution in [1.82, 2.24) is 9.88 Å². The normalized spacial score (nSPS) is 14.3. The van der Waals surface area contributed by atoms with Crippen LogP contribution < -0.4 is 11.1 Å². The summed E-state index contributed by atoms with van der Waals surface area (Å²) in [5.41, 5.74) is 9.16. The molecule has 0 spiro atoms. The molecule has 3 aromatic rings. The van der Waals surface area contributed by atoms with Crippen molar-refractivity contribution in [2.75, 3.05) is 0 Å². The molecule has 2 heterocycles. The van der Waals surface area contributed by atoms with Gasteiger partial charge in [0.2, 0.25) is 0 Å². The third kappa shape index (κ3) is 2.77. The first-order chi connectivity index (χ1) is 12.6. The van der Waals surface area contributed by atoms with E-state index in [0.29, 0.717) is 5.56 Å². The minimum atomic E-state index is -0.522. The topological polar surface area (TPSA) is 77.1 Å². The average molecular weight is 345 g/mol.